The maximum Gasteiger partial charge on any atom is 0.160 e. The molecule has 0 fully saturated rings. The van der Waals surface area contributed by atoms with Gasteiger partial charge in [-0.1, -0.05) is 84.9 Å². The summed E-state index contributed by atoms with van der Waals surface area (Å²) in [6.07, 6.45) is 0. The van der Waals surface area contributed by atoms with Crippen molar-refractivity contribution < 1.29 is 0 Å². The van der Waals surface area contributed by atoms with E-state index in [2.05, 4.69) is 36.4 Å². The predicted molar refractivity (Wildman–Crippen MR) is 158 cm³/mol. The Bertz CT molecular complexity index is 1570. The van der Waals surface area contributed by atoms with Gasteiger partial charge in [-0.25, -0.2) is 9.97 Å². The number of aromatic nitrogens is 2. The first-order valence-electron chi connectivity index (χ1n) is 12.5. The van der Waals surface area contributed by atoms with E-state index < -0.39 is 0 Å². The Morgan fingerprint density at radius 2 is 0.763 bits per heavy atom. The second kappa shape index (κ2) is 10.0. The van der Waals surface area contributed by atoms with Gasteiger partial charge < -0.3 is 11.5 Å². The molecule has 4 heteroatoms. The van der Waals surface area contributed by atoms with Gasteiger partial charge in [0.1, 0.15) is 0 Å². The molecule has 1 aromatic heterocycles. The fraction of sp³-hybridized carbons (Fsp3) is 0. The molecule has 0 saturated carbocycles. The summed E-state index contributed by atoms with van der Waals surface area (Å²) in [5, 5.41) is 0. The van der Waals surface area contributed by atoms with Crippen molar-refractivity contribution in [2.75, 3.05) is 11.5 Å². The Hall–Kier alpha value is -5.22. The van der Waals surface area contributed by atoms with Gasteiger partial charge in [-0.2, -0.15) is 0 Å². The van der Waals surface area contributed by atoms with Crippen molar-refractivity contribution in [1.82, 2.24) is 9.97 Å². The minimum Gasteiger partial charge on any atom is -0.399 e. The summed E-state index contributed by atoms with van der Waals surface area (Å²) in [6, 6.07) is 44.8. The lowest BCUT2D eigenvalue weighted by Gasteiger charge is -2.13. The number of hydrogen-bond donors (Lipinski definition) is 2. The largest absolute Gasteiger partial charge is 0.399 e. The normalized spacial score (nSPS) is 10.8. The van der Waals surface area contributed by atoms with Crippen LogP contribution in [0, 0.1) is 0 Å². The van der Waals surface area contributed by atoms with Gasteiger partial charge in [-0.05, 0) is 70.8 Å². The number of anilines is 2. The van der Waals surface area contributed by atoms with E-state index in [9.17, 15) is 0 Å². The highest BCUT2D eigenvalue weighted by molar-refractivity contribution is 5.82. The average molecular weight is 491 g/mol. The summed E-state index contributed by atoms with van der Waals surface area (Å²) in [5.41, 5.74) is 22.5. The molecule has 38 heavy (non-hydrogen) atoms. The van der Waals surface area contributed by atoms with E-state index >= 15 is 0 Å². The minimum atomic E-state index is 0.689. The van der Waals surface area contributed by atoms with Crippen molar-refractivity contribution in [3.05, 3.63) is 133 Å². The molecule has 0 radical (unpaired) electrons. The zero-order valence-electron chi connectivity index (χ0n) is 20.8. The summed E-state index contributed by atoms with van der Waals surface area (Å²) in [4.78, 5) is 9.99. The molecule has 0 aliphatic carbocycles. The van der Waals surface area contributed by atoms with E-state index in [1.807, 2.05) is 97.1 Å². The van der Waals surface area contributed by atoms with Crippen molar-refractivity contribution in [1.29, 1.82) is 0 Å². The van der Waals surface area contributed by atoms with Gasteiger partial charge in [-0.15, -0.1) is 0 Å². The van der Waals surface area contributed by atoms with E-state index in [0.717, 1.165) is 61.7 Å². The first-order valence-corrected chi connectivity index (χ1v) is 12.5. The van der Waals surface area contributed by atoms with Crippen molar-refractivity contribution in [2.45, 2.75) is 0 Å². The zero-order valence-corrected chi connectivity index (χ0v) is 20.8. The van der Waals surface area contributed by atoms with Crippen LogP contribution >= 0.6 is 0 Å². The van der Waals surface area contributed by atoms with Crippen LogP contribution in [0.5, 0.6) is 0 Å². The standard InChI is InChI=1S/C34H26N4/c35-30-15-11-23(12-16-30)27-19-28(24-13-17-31(36)18-14-24)21-29(20-27)33-22-32(25-7-3-1-4-8-25)37-34(38-33)26-9-5-2-6-10-26/h1-22H,35-36H2. The third-order valence-electron chi connectivity index (χ3n) is 6.54. The Balaban J connectivity index is 1.57. The molecule has 0 unspecified atom stereocenters. The quantitative estimate of drug-likeness (QED) is 0.240. The molecule has 0 atom stereocenters. The molecule has 0 saturated heterocycles. The Morgan fingerprint density at radius 1 is 0.342 bits per heavy atom. The van der Waals surface area contributed by atoms with E-state index in [1.54, 1.807) is 0 Å². The maximum absolute atomic E-state index is 5.98. The van der Waals surface area contributed by atoms with Crippen molar-refractivity contribution in [3.63, 3.8) is 0 Å². The first kappa shape index (κ1) is 23.2. The fourth-order valence-electron chi connectivity index (χ4n) is 4.53. The molecule has 4 nitrogen and oxygen atoms in total. The molecule has 5 aromatic carbocycles. The number of benzene rings is 5. The van der Waals surface area contributed by atoms with Crippen LogP contribution in [-0.4, -0.2) is 9.97 Å². The van der Waals surface area contributed by atoms with Gasteiger partial charge in [0.15, 0.2) is 5.82 Å². The van der Waals surface area contributed by atoms with Crippen LogP contribution in [0.15, 0.2) is 133 Å². The molecule has 0 bridgehead atoms. The zero-order chi connectivity index (χ0) is 25.9. The van der Waals surface area contributed by atoms with Gasteiger partial charge in [0.25, 0.3) is 0 Å². The lowest BCUT2D eigenvalue weighted by Crippen LogP contribution is -1.96. The second-order valence-electron chi connectivity index (χ2n) is 9.24. The van der Waals surface area contributed by atoms with Crippen molar-refractivity contribution in [2.24, 2.45) is 0 Å². The summed E-state index contributed by atoms with van der Waals surface area (Å²) in [6.45, 7) is 0. The highest BCUT2D eigenvalue weighted by atomic mass is 14.9. The van der Waals surface area contributed by atoms with Crippen LogP contribution in [0.4, 0.5) is 11.4 Å². The van der Waals surface area contributed by atoms with Crippen LogP contribution in [0.1, 0.15) is 0 Å². The molecule has 0 amide bonds. The van der Waals surface area contributed by atoms with Gasteiger partial charge in [-0.3, -0.25) is 0 Å². The molecule has 4 N–H and O–H groups in total. The lowest BCUT2D eigenvalue weighted by molar-refractivity contribution is 1.18. The van der Waals surface area contributed by atoms with E-state index in [4.69, 9.17) is 21.4 Å². The monoisotopic (exact) mass is 490 g/mol. The lowest BCUT2D eigenvalue weighted by atomic mass is 9.94. The topological polar surface area (TPSA) is 77.8 Å². The van der Waals surface area contributed by atoms with Crippen LogP contribution in [0.2, 0.25) is 0 Å². The van der Waals surface area contributed by atoms with Gasteiger partial charge >= 0.3 is 0 Å². The first-order chi connectivity index (χ1) is 18.6. The predicted octanol–water partition coefficient (Wildman–Crippen LogP) is 7.98. The molecule has 1 heterocycles. The number of nitrogens with zero attached hydrogens (tertiary/aromatic N) is 2. The van der Waals surface area contributed by atoms with E-state index in [0.29, 0.717) is 5.82 Å². The van der Waals surface area contributed by atoms with Crippen molar-refractivity contribution in [3.8, 4) is 56.2 Å². The number of hydrogen-bond acceptors (Lipinski definition) is 4. The molecule has 0 aliphatic rings. The Labute approximate surface area is 222 Å². The van der Waals surface area contributed by atoms with E-state index in [1.165, 1.54) is 0 Å². The van der Waals surface area contributed by atoms with E-state index in [-0.39, 0.29) is 0 Å². The Kier molecular flexibility index (Phi) is 6.12. The summed E-state index contributed by atoms with van der Waals surface area (Å²) in [5.74, 6) is 0.689. The number of nitrogens with two attached hydrogens (primary N) is 2. The summed E-state index contributed by atoms with van der Waals surface area (Å²) >= 11 is 0. The van der Waals surface area contributed by atoms with Crippen molar-refractivity contribution >= 4 is 11.4 Å². The summed E-state index contributed by atoms with van der Waals surface area (Å²) in [7, 11) is 0. The SMILES string of the molecule is Nc1ccc(-c2cc(-c3ccc(N)cc3)cc(-c3cc(-c4ccccc4)nc(-c4ccccc4)n3)c2)cc1. The van der Waals surface area contributed by atoms with Crippen LogP contribution in [0.3, 0.4) is 0 Å². The highest BCUT2D eigenvalue weighted by Crippen LogP contribution is 2.35. The molecule has 0 spiro atoms. The highest BCUT2D eigenvalue weighted by Gasteiger charge is 2.13. The van der Waals surface area contributed by atoms with Gasteiger partial charge in [0, 0.05) is 28.1 Å². The molecular weight excluding hydrogens is 464 g/mol. The second-order valence-corrected chi connectivity index (χ2v) is 9.24. The minimum absolute atomic E-state index is 0.689. The molecular formula is C34H26N4. The molecule has 6 rings (SSSR count). The van der Waals surface area contributed by atoms with Crippen LogP contribution in [0.25, 0.3) is 56.2 Å². The molecule has 6 aromatic rings. The van der Waals surface area contributed by atoms with Crippen LogP contribution < -0.4 is 11.5 Å². The third-order valence-corrected chi connectivity index (χ3v) is 6.54. The Morgan fingerprint density at radius 3 is 1.26 bits per heavy atom. The average Bonchev–Trinajstić information content (AvgIpc) is 2.98. The maximum atomic E-state index is 5.98. The van der Waals surface area contributed by atoms with Gasteiger partial charge in [0.2, 0.25) is 0 Å². The summed E-state index contributed by atoms with van der Waals surface area (Å²) < 4.78 is 0. The number of rotatable bonds is 5. The van der Waals surface area contributed by atoms with Gasteiger partial charge in [0.05, 0.1) is 11.4 Å². The van der Waals surface area contributed by atoms with Crippen LogP contribution in [-0.2, 0) is 0 Å². The smallest absolute Gasteiger partial charge is 0.160 e. The fourth-order valence-corrected chi connectivity index (χ4v) is 4.53. The molecule has 0 aliphatic heterocycles. The molecule has 182 valence electrons. The third kappa shape index (κ3) is 4.88. The number of nitrogen functional groups attached to an aromatic ring is 2.